The van der Waals surface area contributed by atoms with Gasteiger partial charge < -0.3 is 10.1 Å². The molecular weight excluding hydrogens is 354 g/mol. The van der Waals surface area contributed by atoms with Crippen LogP contribution in [0.3, 0.4) is 0 Å². The summed E-state index contributed by atoms with van der Waals surface area (Å²) < 4.78 is 6.18. The number of ether oxygens (including phenoxy) is 1. The summed E-state index contributed by atoms with van der Waals surface area (Å²) >= 11 is 1.33. The fraction of sp³-hybridized carbons (Fsp3) is 0.471. The van der Waals surface area contributed by atoms with Crippen molar-refractivity contribution in [2.45, 2.75) is 52.2 Å². The molecule has 0 saturated heterocycles. The van der Waals surface area contributed by atoms with Crippen molar-refractivity contribution < 1.29 is 14.3 Å². The Morgan fingerprint density at radius 3 is 2.58 bits per heavy atom. The van der Waals surface area contributed by atoms with Gasteiger partial charge in [0, 0.05) is 17.0 Å². The number of H-pyrrole nitrogens is 1. The highest BCUT2D eigenvalue weighted by Crippen LogP contribution is 2.48. The minimum absolute atomic E-state index is 0.254. The number of carbonyl (C=O) groups excluding carboxylic acids is 2. The molecule has 3 rings (SSSR count). The van der Waals surface area contributed by atoms with E-state index >= 15 is 0 Å². The van der Waals surface area contributed by atoms with Crippen molar-refractivity contribution in [3.05, 3.63) is 33.5 Å². The Balaban J connectivity index is 2.07. The van der Waals surface area contributed by atoms with Crippen LogP contribution in [0.25, 0.3) is 0 Å². The Kier molecular flexibility index (Phi) is 4.41. The molecule has 0 bridgehead atoms. The molecule has 2 amide bonds. The second kappa shape index (κ2) is 6.19. The number of hydrogen-bond donors (Lipinski definition) is 4. The van der Waals surface area contributed by atoms with E-state index < -0.39 is 23.0 Å². The van der Waals surface area contributed by atoms with Crippen LogP contribution in [0.4, 0.5) is 5.00 Å². The SMILES string of the molecule is Cc1cc(C(=O)Nc2sc3c(c2C(=O)NN)CC(C)(C)OC3(C)C)n[nH]1. The molecule has 0 unspecified atom stereocenters. The van der Waals surface area contributed by atoms with Gasteiger partial charge in [-0.25, -0.2) is 5.84 Å². The van der Waals surface area contributed by atoms with Crippen molar-refractivity contribution in [1.82, 2.24) is 15.6 Å². The summed E-state index contributed by atoms with van der Waals surface area (Å²) in [5.74, 6) is 4.56. The largest absolute Gasteiger partial charge is 0.364 e. The standard InChI is InChI=1S/C17H23N5O3S/c1-8-6-10(22-21-8)13(23)19-15-11(14(24)20-18)9-7-16(2,3)25-17(4,5)12(9)26-15/h6H,7,18H2,1-5H3,(H,19,23)(H,20,24)(H,21,22). The van der Waals surface area contributed by atoms with Crippen LogP contribution in [0.5, 0.6) is 0 Å². The van der Waals surface area contributed by atoms with Crippen LogP contribution in [0.15, 0.2) is 6.07 Å². The van der Waals surface area contributed by atoms with E-state index in [9.17, 15) is 9.59 Å². The molecule has 3 heterocycles. The van der Waals surface area contributed by atoms with E-state index in [1.54, 1.807) is 6.07 Å². The number of hydrogen-bond acceptors (Lipinski definition) is 6. The van der Waals surface area contributed by atoms with Crippen LogP contribution in [0, 0.1) is 6.92 Å². The normalized spacial score (nSPS) is 17.5. The van der Waals surface area contributed by atoms with Crippen LogP contribution in [-0.2, 0) is 16.8 Å². The molecular formula is C17H23N5O3S. The maximum atomic E-state index is 12.5. The number of carbonyl (C=O) groups is 2. The lowest BCUT2D eigenvalue weighted by atomic mass is 9.86. The van der Waals surface area contributed by atoms with E-state index in [-0.39, 0.29) is 5.69 Å². The van der Waals surface area contributed by atoms with E-state index in [0.29, 0.717) is 17.0 Å². The number of aromatic amines is 1. The predicted molar refractivity (Wildman–Crippen MR) is 99.1 cm³/mol. The van der Waals surface area contributed by atoms with E-state index in [2.05, 4.69) is 20.9 Å². The average molecular weight is 377 g/mol. The summed E-state index contributed by atoms with van der Waals surface area (Å²) in [6.45, 7) is 9.67. The van der Waals surface area contributed by atoms with E-state index in [1.165, 1.54) is 11.3 Å². The Bertz CT molecular complexity index is 881. The maximum absolute atomic E-state index is 12.5. The lowest BCUT2D eigenvalue weighted by Crippen LogP contribution is -2.42. The molecule has 0 radical (unpaired) electrons. The summed E-state index contributed by atoms with van der Waals surface area (Å²) in [7, 11) is 0. The molecule has 0 atom stereocenters. The van der Waals surface area contributed by atoms with Crippen LogP contribution in [0.2, 0.25) is 0 Å². The molecule has 0 saturated carbocycles. The molecule has 8 nitrogen and oxygen atoms in total. The zero-order chi connectivity index (χ0) is 19.3. The summed E-state index contributed by atoms with van der Waals surface area (Å²) in [6.07, 6.45) is 0.544. The smallest absolute Gasteiger partial charge is 0.276 e. The van der Waals surface area contributed by atoms with Gasteiger partial charge in [0.05, 0.1) is 16.8 Å². The first-order chi connectivity index (χ1) is 12.0. The van der Waals surface area contributed by atoms with Crippen LogP contribution in [-0.4, -0.2) is 27.6 Å². The van der Waals surface area contributed by atoms with E-state index in [0.717, 1.165) is 16.1 Å². The Morgan fingerprint density at radius 1 is 1.31 bits per heavy atom. The van der Waals surface area contributed by atoms with Crippen LogP contribution >= 0.6 is 11.3 Å². The number of fused-ring (bicyclic) bond motifs is 1. The number of rotatable bonds is 3. The number of aryl methyl sites for hydroxylation is 1. The Hall–Kier alpha value is -2.23. The van der Waals surface area contributed by atoms with Gasteiger partial charge >= 0.3 is 0 Å². The first kappa shape index (κ1) is 18.6. The van der Waals surface area contributed by atoms with Gasteiger partial charge in [0.1, 0.15) is 5.00 Å². The van der Waals surface area contributed by atoms with Gasteiger partial charge in [0.25, 0.3) is 11.8 Å². The van der Waals surface area contributed by atoms with Crippen LogP contribution < -0.4 is 16.6 Å². The summed E-state index contributed by atoms with van der Waals surface area (Å²) in [4.78, 5) is 25.9. The second-order valence-electron chi connectivity index (χ2n) is 7.53. The molecule has 0 aliphatic carbocycles. The fourth-order valence-electron chi connectivity index (χ4n) is 3.42. The quantitative estimate of drug-likeness (QED) is 0.371. The zero-order valence-electron chi connectivity index (χ0n) is 15.4. The van der Waals surface area contributed by atoms with Gasteiger partial charge in [-0.3, -0.25) is 20.1 Å². The monoisotopic (exact) mass is 377 g/mol. The lowest BCUT2D eigenvalue weighted by molar-refractivity contribution is -0.135. The molecule has 2 aromatic rings. The number of hydrazine groups is 1. The molecule has 140 valence electrons. The second-order valence-corrected chi connectivity index (χ2v) is 8.55. The Labute approximate surface area is 155 Å². The zero-order valence-corrected chi connectivity index (χ0v) is 16.3. The van der Waals surface area contributed by atoms with Crippen molar-refractivity contribution >= 4 is 28.2 Å². The highest BCUT2D eigenvalue weighted by molar-refractivity contribution is 7.17. The third-order valence-corrected chi connectivity index (χ3v) is 5.66. The number of amides is 2. The average Bonchev–Trinajstić information content (AvgIpc) is 3.09. The molecule has 9 heteroatoms. The predicted octanol–water partition coefficient (Wildman–Crippen LogP) is 2.22. The lowest BCUT2D eigenvalue weighted by Gasteiger charge is -2.41. The number of thiophene rings is 1. The number of aromatic nitrogens is 2. The van der Waals surface area contributed by atoms with Crippen molar-refractivity contribution in [3.8, 4) is 0 Å². The summed E-state index contributed by atoms with van der Waals surface area (Å²) in [5, 5.41) is 9.93. The molecule has 26 heavy (non-hydrogen) atoms. The molecule has 5 N–H and O–H groups in total. The summed E-state index contributed by atoms with van der Waals surface area (Å²) in [6, 6.07) is 1.64. The molecule has 0 fully saturated rings. The van der Waals surface area contributed by atoms with Gasteiger partial charge in [0.2, 0.25) is 0 Å². The molecule has 1 aliphatic heterocycles. The van der Waals surface area contributed by atoms with Gasteiger partial charge in [0.15, 0.2) is 5.69 Å². The minimum atomic E-state index is -0.586. The van der Waals surface area contributed by atoms with Gasteiger partial charge in [-0.1, -0.05) is 0 Å². The number of nitrogens with zero attached hydrogens (tertiary/aromatic N) is 1. The topological polar surface area (TPSA) is 122 Å². The third-order valence-electron chi connectivity index (χ3n) is 4.21. The number of anilines is 1. The first-order valence-electron chi connectivity index (χ1n) is 8.25. The van der Waals surface area contributed by atoms with Crippen molar-refractivity contribution in [1.29, 1.82) is 0 Å². The van der Waals surface area contributed by atoms with E-state index in [4.69, 9.17) is 10.6 Å². The van der Waals surface area contributed by atoms with Gasteiger partial charge in [-0.15, -0.1) is 11.3 Å². The number of nitrogens with one attached hydrogen (secondary N) is 3. The molecule has 1 aliphatic rings. The minimum Gasteiger partial charge on any atom is -0.364 e. The van der Waals surface area contributed by atoms with Crippen LogP contribution in [0.1, 0.15) is 64.7 Å². The van der Waals surface area contributed by atoms with Crippen molar-refractivity contribution in [2.24, 2.45) is 5.84 Å². The molecule has 2 aromatic heterocycles. The van der Waals surface area contributed by atoms with Gasteiger partial charge in [-0.2, -0.15) is 5.10 Å². The van der Waals surface area contributed by atoms with Crippen molar-refractivity contribution in [3.63, 3.8) is 0 Å². The van der Waals surface area contributed by atoms with Crippen molar-refractivity contribution in [2.75, 3.05) is 5.32 Å². The highest BCUT2D eigenvalue weighted by atomic mass is 32.1. The van der Waals surface area contributed by atoms with Gasteiger partial charge in [-0.05, 0) is 46.2 Å². The Morgan fingerprint density at radius 2 is 2.00 bits per heavy atom. The number of nitrogens with two attached hydrogens (primary N) is 1. The molecule has 0 spiro atoms. The first-order valence-corrected chi connectivity index (χ1v) is 9.06. The number of nitrogen functional groups attached to an aromatic ring is 1. The summed E-state index contributed by atoms with van der Waals surface area (Å²) in [5.41, 5.74) is 3.42. The third kappa shape index (κ3) is 3.25. The fourth-order valence-corrected chi connectivity index (χ4v) is 4.67. The highest BCUT2D eigenvalue weighted by Gasteiger charge is 2.43. The molecule has 0 aromatic carbocycles. The maximum Gasteiger partial charge on any atom is 0.276 e. The van der Waals surface area contributed by atoms with E-state index in [1.807, 2.05) is 34.6 Å².